The van der Waals surface area contributed by atoms with Crippen LogP contribution in [0, 0.1) is 29.6 Å². The minimum Gasteiger partial charge on any atom is -0.459 e. The SMILES string of the molecule is C=CC(=O)O[C@H](C[C@@H](O[Si](C)(C)C(C)(C)C)[C@H](C)[C@H](OC)[C@@H](C)CC#CC)[C@@H](C=C)CC. The van der Waals surface area contributed by atoms with Crippen molar-refractivity contribution in [1.82, 2.24) is 0 Å². The number of esters is 1. The molecule has 0 aliphatic carbocycles. The molecule has 4 nitrogen and oxygen atoms in total. The summed E-state index contributed by atoms with van der Waals surface area (Å²) in [5.41, 5.74) is 0. The lowest BCUT2D eigenvalue weighted by atomic mass is 9.83. The monoisotopic (exact) mass is 464 g/mol. The second-order valence-corrected chi connectivity index (χ2v) is 15.1. The molecule has 0 heterocycles. The highest BCUT2D eigenvalue weighted by atomic mass is 28.4. The highest BCUT2D eigenvalue weighted by Gasteiger charge is 2.43. The second kappa shape index (κ2) is 14.0. The number of methoxy groups -OCH3 is 1. The molecular weight excluding hydrogens is 416 g/mol. The molecule has 6 atom stereocenters. The molecule has 0 aromatic heterocycles. The van der Waals surface area contributed by atoms with Crippen LogP contribution >= 0.6 is 0 Å². The highest BCUT2D eigenvalue weighted by molar-refractivity contribution is 6.74. The van der Waals surface area contributed by atoms with Gasteiger partial charge in [-0.3, -0.25) is 0 Å². The van der Waals surface area contributed by atoms with E-state index >= 15 is 0 Å². The molecule has 0 saturated carbocycles. The van der Waals surface area contributed by atoms with E-state index < -0.39 is 14.3 Å². The van der Waals surface area contributed by atoms with Crippen LogP contribution in [0.2, 0.25) is 18.1 Å². The first kappa shape index (κ1) is 30.6. The van der Waals surface area contributed by atoms with Crippen LogP contribution in [0.1, 0.15) is 67.7 Å². The van der Waals surface area contributed by atoms with Gasteiger partial charge in [0.15, 0.2) is 8.32 Å². The zero-order valence-corrected chi connectivity index (χ0v) is 23.3. The first-order valence-corrected chi connectivity index (χ1v) is 14.8. The molecule has 0 N–H and O–H groups in total. The molecule has 0 amide bonds. The lowest BCUT2D eigenvalue weighted by molar-refractivity contribution is -0.147. The van der Waals surface area contributed by atoms with Gasteiger partial charge in [0.2, 0.25) is 0 Å². The molecule has 5 heteroatoms. The maximum Gasteiger partial charge on any atom is 0.330 e. The van der Waals surface area contributed by atoms with Gasteiger partial charge < -0.3 is 13.9 Å². The quantitative estimate of drug-likeness (QED) is 0.0934. The smallest absolute Gasteiger partial charge is 0.330 e. The van der Waals surface area contributed by atoms with Crippen LogP contribution in [-0.4, -0.2) is 39.7 Å². The molecule has 0 fully saturated rings. The normalized spacial score (nSPS) is 17.7. The molecule has 0 radical (unpaired) electrons. The van der Waals surface area contributed by atoms with Crippen LogP contribution in [0.3, 0.4) is 0 Å². The molecule has 0 spiro atoms. The number of carbonyl (C=O) groups is 1. The van der Waals surface area contributed by atoms with E-state index in [1.54, 1.807) is 7.11 Å². The summed E-state index contributed by atoms with van der Waals surface area (Å²) >= 11 is 0. The molecule has 0 rings (SSSR count). The Bertz CT molecular complexity index is 653. The summed E-state index contributed by atoms with van der Waals surface area (Å²) in [7, 11) is -0.332. The van der Waals surface area contributed by atoms with Crippen molar-refractivity contribution in [1.29, 1.82) is 0 Å². The minimum atomic E-state index is -2.09. The van der Waals surface area contributed by atoms with Crippen LogP contribution in [0.4, 0.5) is 0 Å². The van der Waals surface area contributed by atoms with Crippen molar-refractivity contribution in [2.45, 2.75) is 104 Å². The van der Waals surface area contributed by atoms with E-state index in [1.807, 2.05) is 13.0 Å². The fraction of sp³-hybridized carbons (Fsp3) is 0.741. The van der Waals surface area contributed by atoms with E-state index in [4.69, 9.17) is 13.9 Å². The standard InChI is InChI=1S/C27H48O4Si/c1-13-17-18-20(5)26(29-10)21(6)23(31-32(11,12)27(7,8)9)19-24(22(14-2)15-3)30-25(28)16-4/h14,16,20-24,26H,2,4,15,18-19H2,1,3,5-12H3/t20-,21-,22-,23+,24+,26+/m0/s1. The van der Waals surface area contributed by atoms with E-state index in [0.717, 1.165) is 12.8 Å². The van der Waals surface area contributed by atoms with Crippen molar-refractivity contribution < 1.29 is 18.7 Å². The summed E-state index contributed by atoms with van der Waals surface area (Å²) in [5.74, 6) is 6.15. The lowest BCUT2D eigenvalue weighted by Crippen LogP contribution is -2.49. The van der Waals surface area contributed by atoms with Gasteiger partial charge in [0.1, 0.15) is 6.10 Å². The average Bonchev–Trinajstić information content (AvgIpc) is 2.71. The Balaban J connectivity index is 6.15. The number of hydrogen-bond donors (Lipinski definition) is 0. The van der Waals surface area contributed by atoms with Crippen LogP contribution in [0.25, 0.3) is 0 Å². The molecule has 0 saturated heterocycles. The fourth-order valence-electron chi connectivity index (χ4n) is 3.80. The Morgan fingerprint density at radius 1 is 1.16 bits per heavy atom. The van der Waals surface area contributed by atoms with Gasteiger partial charge in [-0.2, -0.15) is 0 Å². The van der Waals surface area contributed by atoms with E-state index in [0.29, 0.717) is 6.42 Å². The molecule has 0 aliphatic heterocycles. The average molecular weight is 465 g/mol. The first-order valence-electron chi connectivity index (χ1n) is 11.8. The molecule has 0 bridgehead atoms. The van der Waals surface area contributed by atoms with Crippen molar-refractivity contribution in [3.63, 3.8) is 0 Å². The Labute approximate surface area is 199 Å². The van der Waals surface area contributed by atoms with Gasteiger partial charge in [0, 0.05) is 37.9 Å². The lowest BCUT2D eigenvalue weighted by Gasteiger charge is -2.44. The van der Waals surface area contributed by atoms with Crippen LogP contribution in [0.15, 0.2) is 25.3 Å². The second-order valence-electron chi connectivity index (χ2n) is 10.3. The summed E-state index contributed by atoms with van der Waals surface area (Å²) in [6.45, 7) is 27.1. The van der Waals surface area contributed by atoms with Gasteiger partial charge >= 0.3 is 5.97 Å². The largest absolute Gasteiger partial charge is 0.459 e. The highest BCUT2D eigenvalue weighted by Crippen LogP contribution is 2.40. The third kappa shape index (κ3) is 9.25. The molecule has 184 valence electrons. The number of rotatable bonds is 14. The van der Waals surface area contributed by atoms with Crippen molar-refractivity contribution in [2.75, 3.05) is 7.11 Å². The Hall–Kier alpha value is -1.35. The molecule has 0 aromatic carbocycles. The van der Waals surface area contributed by atoms with Gasteiger partial charge in [-0.15, -0.1) is 18.4 Å². The molecule has 32 heavy (non-hydrogen) atoms. The van der Waals surface area contributed by atoms with Crippen molar-refractivity contribution in [3.8, 4) is 11.8 Å². The van der Waals surface area contributed by atoms with E-state index in [1.165, 1.54) is 6.08 Å². The number of ether oxygens (including phenoxy) is 2. The minimum absolute atomic E-state index is 0.0230. The van der Waals surface area contributed by atoms with Gasteiger partial charge in [0.05, 0.1) is 12.2 Å². The van der Waals surface area contributed by atoms with Gasteiger partial charge in [-0.25, -0.2) is 4.79 Å². The molecule has 0 aliphatic rings. The van der Waals surface area contributed by atoms with E-state index in [9.17, 15) is 4.79 Å². The summed E-state index contributed by atoms with van der Waals surface area (Å²) in [5, 5.41) is 0.0583. The van der Waals surface area contributed by atoms with Crippen molar-refractivity contribution >= 4 is 14.3 Å². The number of hydrogen-bond acceptors (Lipinski definition) is 4. The topological polar surface area (TPSA) is 44.8 Å². The van der Waals surface area contributed by atoms with Crippen molar-refractivity contribution in [2.24, 2.45) is 17.8 Å². The number of carbonyl (C=O) groups excluding carboxylic acids is 1. The van der Waals surface area contributed by atoms with E-state index in [2.05, 4.69) is 79.6 Å². The Kier molecular flexibility index (Phi) is 13.4. The van der Waals surface area contributed by atoms with E-state index in [-0.39, 0.29) is 41.1 Å². The first-order chi connectivity index (χ1) is 14.8. The summed E-state index contributed by atoms with van der Waals surface area (Å²) in [6.07, 6.45) is 4.80. The third-order valence-electron chi connectivity index (χ3n) is 6.94. The van der Waals surface area contributed by atoms with Crippen LogP contribution < -0.4 is 0 Å². The van der Waals surface area contributed by atoms with Crippen LogP contribution in [-0.2, 0) is 18.7 Å². The maximum absolute atomic E-state index is 12.1. The predicted octanol–water partition coefficient (Wildman–Crippen LogP) is 6.78. The molecule has 0 aromatic rings. The predicted molar refractivity (Wildman–Crippen MR) is 138 cm³/mol. The van der Waals surface area contributed by atoms with Crippen LogP contribution in [0.5, 0.6) is 0 Å². The van der Waals surface area contributed by atoms with Crippen molar-refractivity contribution in [3.05, 3.63) is 25.3 Å². The summed E-state index contributed by atoms with van der Waals surface area (Å²) < 4.78 is 18.7. The Morgan fingerprint density at radius 2 is 1.75 bits per heavy atom. The fourth-order valence-corrected chi connectivity index (χ4v) is 5.22. The molecule has 0 unspecified atom stereocenters. The molecular formula is C27H48O4Si. The maximum atomic E-state index is 12.1. The summed E-state index contributed by atoms with van der Waals surface area (Å²) in [4.78, 5) is 12.1. The zero-order valence-electron chi connectivity index (χ0n) is 22.3. The zero-order chi connectivity index (χ0) is 25.1. The Morgan fingerprint density at radius 3 is 2.16 bits per heavy atom. The van der Waals surface area contributed by atoms with Gasteiger partial charge in [-0.1, -0.05) is 54.2 Å². The van der Waals surface area contributed by atoms with Gasteiger partial charge in [0.25, 0.3) is 0 Å². The van der Waals surface area contributed by atoms with Gasteiger partial charge in [-0.05, 0) is 37.4 Å². The summed E-state index contributed by atoms with van der Waals surface area (Å²) in [6, 6.07) is 0. The third-order valence-corrected chi connectivity index (χ3v) is 11.4.